The van der Waals surface area contributed by atoms with Crippen molar-refractivity contribution in [2.24, 2.45) is 0 Å². The lowest BCUT2D eigenvalue weighted by Gasteiger charge is -2.19. The van der Waals surface area contributed by atoms with Crippen LogP contribution in [0.15, 0.2) is 24.3 Å². The second kappa shape index (κ2) is 5.37. The number of likely N-dealkylation sites (N-methyl/N-ethyl adjacent to an activating group) is 1. The molecule has 0 unspecified atom stereocenters. The van der Waals surface area contributed by atoms with E-state index in [0.717, 1.165) is 16.5 Å². The van der Waals surface area contributed by atoms with Gasteiger partial charge in [0.05, 0.1) is 5.69 Å². The standard InChI is InChI=1S/C15H17N3O2S/c1-17-7-4-8-18(9-12(17)19)15(20)14-13(16)10-5-2-3-6-11(10)21-14/h2-3,5-6H,4,7-9,16H2,1H3. The number of nitrogens with two attached hydrogens (primary N) is 1. The molecule has 1 aliphatic heterocycles. The third-order valence-electron chi connectivity index (χ3n) is 3.79. The molecule has 0 bridgehead atoms. The van der Waals surface area contributed by atoms with E-state index >= 15 is 0 Å². The quantitative estimate of drug-likeness (QED) is 0.873. The number of rotatable bonds is 1. The Morgan fingerprint density at radius 1 is 1.29 bits per heavy atom. The maximum absolute atomic E-state index is 12.7. The molecule has 2 heterocycles. The van der Waals surface area contributed by atoms with Gasteiger partial charge in [-0.3, -0.25) is 9.59 Å². The first-order valence-electron chi connectivity index (χ1n) is 6.88. The Hall–Kier alpha value is -2.08. The molecule has 0 spiro atoms. The number of amides is 2. The molecule has 6 heteroatoms. The van der Waals surface area contributed by atoms with E-state index < -0.39 is 0 Å². The van der Waals surface area contributed by atoms with E-state index in [9.17, 15) is 9.59 Å². The second-order valence-electron chi connectivity index (χ2n) is 5.24. The molecule has 2 N–H and O–H groups in total. The smallest absolute Gasteiger partial charge is 0.266 e. The molecule has 1 aliphatic rings. The zero-order chi connectivity index (χ0) is 15.0. The number of hydrogen-bond acceptors (Lipinski definition) is 4. The molecular weight excluding hydrogens is 286 g/mol. The van der Waals surface area contributed by atoms with Gasteiger partial charge < -0.3 is 15.5 Å². The first kappa shape index (κ1) is 13.9. The van der Waals surface area contributed by atoms with Crippen LogP contribution >= 0.6 is 11.3 Å². The minimum absolute atomic E-state index is 0.0273. The highest BCUT2D eigenvalue weighted by atomic mass is 32.1. The monoisotopic (exact) mass is 303 g/mol. The van der Waals surface area contributed by atoms with E-state index in [2.05, 4.69) is 0 Å². The van der Waals surface area contributed by atoms with Gasteiger partial charge in [0.2, 0.25) is 5.91 Å². The lowest BCUT2D eigenvalue weighted by atomic mass is 10.2. The van der Waals surface area contributed by atoms with Gasteiger partial charge in [0.15, 0.2) is 0 Å². The van der Waals surface area contributed by atoms with Crippen molar-refractivity contribution in [1.82, 2.24) is 9.80 Å². The largest absolute Gasteiger partial charge is 0.397 e. The zero-order valence-electron chi connectivity index (χ0n) is 11.8. The predicted octanol–water partition coefficient (Wildman–Crippen LogP) is 1.79. The van der Waals surface area contributed by atoms with E-state index in [4.69, 9.17) is 5.73 Å². The maximum atomic E-state index is 12.7. The normalized spacial score (nSPS) is 16.3. The Labute approximate surface area is 126 Å². The fraction of sp³-hybridized carbons (Fsp3) is 0.333. The molecule has 2 aromatic rings. The van der Waals surface area contributed by atoms with Crippen molar-refractivity contribution in [2.45, 2.75) is 6.42 Å². The fourth-order valence-corrected chi connectivity index (χ4v) is 3.62. The molecule has 21 heavy (non-hydrogen) atoms. The Morgan fingerprint density at radius 3 is 2.81 bits per heavy atom. The van der Waals surface area contributed by atoms with Crippen molar-refractivity contribution in [1.29, 1.82) is 0 Å². The zero-order valence-corrected chi connectivity index (χ0v) is 12.7. The van der Waals surface area contributed by atoms with E-state index in [-0.39, 0.29) is 18.4 Å². The summed E-state index contributed by atoms with van der Waals surface area (Å²) in [7, 11) is 1.77. The first-order chi connectivity index (χ1) is 10.1. The van der Waals surface area contributed by atoms with Crippen LogP contribution in [0.1, 0.15) is 16.1 Å². The lowest BCUT2D eigenvalue weighted by molar-refractivity contribution is -0.129. The topological polar surface area (TPSA) is 66.6 Å². The minimum atomic E-state index is -0.141. The summed E-state index contributed by atoms with van der Waals surface area (Å²) in [6.45, 7) is 1.40. The maximum Gasteiger partial charge on any atom is 0.266 e. The Bertz CT molecular complexity index is 710. The number of nitrogens with zero attached hydrogens (tertiary/aromatic N) is 2. The molecule has 2 amide bonds. The van der Waals surface area contributed by atoms with Crippen LogP contribution in [0.2, 0.25) is 0 Å². The van der Waals surface area contributed by atoms with E-state index in [1.54, 1.807) is 16.8 Å². The van der Waals surface area contributed by atoms with Crippen molar-refractivity contribution < 1.29 is 9.59 Å². The Balaban J connectivity index is 1.93. The van der Waals surface area contributed by atoms with Crippen molar-refractivity contribution in [3.8, 4) is 0 Å². The van der Waals surface area contributed by atoms with Gasteiger partial charge in [-0.2, -0.15) is 0 Å². The lowest BCUT2D eigenvalue weighted by Crippen LogP contribution is -2.37. The summed E-state index contributed by atoms with van der Waals surface area (Å²) >= 11 is 1.39. The third-order valence-corrected chi connectivity index (χ3v) is 4.96. The van der Waals surface area contributed by atoms with Crippen LogP contribution in [-0.4, -0.2) is 48.3 Å². The SMILES string of the molecule is CN1CCCN(C(=O)c2sc3ccccc3c2N)CC1=O. The summed E-state index contributed by atoms with van der Waals surface area (Å²) < 4.78 is 0.997. The molecular formula is C15H17N3O2S. The highest BCUT2D eigenvalue weighted by molar-refractivity contribution is 7.21. The van der Waals surface area contributed by atoms with E-state index in [1.807, 2.05) is 24.3 Å². The number of benzene rings is 1. The van der Waals surface area contributed by atoms with Crippen LogP contribution in [0.4, 0.5) is 5.69 Å². The molecule has 3 rings (SSSR count). The summed E-state index contributed by atoms with van der Waals surface area (Å²) in [5.41, 5.74) is 6.63. The van der Waals surface area contributed by atoms with Gasteiger partial charge in [-0.25, -0.2) is 0 Å². The Morgan fingerprint density at radius 2 is 2.05 bits per heavy atom. The number of thiophene rings is 1. The van der Waals surface area contributed by atoms with Gasteiger partial charge in [0.1, 0.15) is 11.4 Å². The van der Waals surface area contributed by atoms with Crippen molar-refractivity contribution in [3.63, 3.8) is 0 Å². The van der Waals surface area contributed by atoms with Crippen molar-refractivity contribution >= 4 is 38.9 Å². The molecule has 0 radical (unpaired) electrons. The van der Waals surface area contributed by atoms with Crippen LogP contribution < -0.4 is 5.73 Å². The second-order valence-corrected chi connectivity index (χ2v) is 6.29. The number of hydrogen-bond donors (Lipinski definition) is 1. The van der Waals surface area contributed by atoms with E-state index in [0.29, 0.717) is 23.7 Å². The first-order valence-corrected chi connectivity index (χ1v) is 7.70. The number of carbonyl (C=O) groups excluding carboxylic acids is 2. The molecule has 0 aliphatic carbocycles. The summed E-state index contributed by atoms with van der Waals surface area (Å²) in [5.74, 6) is -0.169. The number of anilines is 1. The molecule has 1 saturated heterocycles. The molecule has 1 aromatic carbocycles. The van der Waals surface area contributed by atoms with Crippen molar-refractivity contribution in [2.75, 3.05) is 32.4 Å². The van der Waals surface area contributed by atoms with Gasteiger partial charge in [0.25, 0.3) is 5.91 Å². The average molecular weight is 303 g/mol. The van der Waals surface area contributed by atoms with Crippen LogP contribution in [0.25, 0.3) is 10.1 Å². The third kappa shape index (κ3) is 2.47. The summed E-state index contributed by atoms with van der Waals surface area (Å²) in [4.78, 5) is 28.4. The predicted molar refractivity (Wildman–Crippen MR) is 84.4 cm³/mol. The van der Waals surface area contributed by atoms with Crippen LogP contribution in [0.5, 0.6) is 0 Å². The van der Waals surface area contributed by atoms with Gasteiger partial charge in [0, 0.05) is 30.2 Å². The molecule has 0 saturated carbocycles. The van der Waals surface area contributed by atoms with Crippen LogP contribution in [-0.2, 0) is 4.79 Å². The number of fused-ring (bicyclic) bond motifs is 1. The summed E-state index contributed by atoms with van der Waals surface area (Å²) in [6, 6.07) is 7.70. The fourth-order valence-electron chi connectivity index (χ4n) is 2.53. The molecule has 5 nitrogen and oxygen atoms in total. The number of carbonyl (C=O) groups is 2. The molecule has 0 atom stereocenters. The summed E-state index contributed by atoms with van der Waals surface area (Å²) in [5, 5.41) is 0.907. The Kier molecular flexibility index (Phi) is 3.55. The minimum Gasteiger partial charge on any atom is -0.397 e. The average Bonchev–Trinajstić information content (AvgIpc) is 2.72. The van der Waals surface area contributed by atoms with Crippen molar-refractivity contribution in [3.05, 3.63) is 29.1 Å². The van der Waals surface area contributed by atoms with Gasteiger partial charge in [-0.15, -0.1) is 11.3 Å². The van der Waals surface area contributed by atoms with Gasteiger partial charge in [-0.1, -0.05) is 18.2 Å². The molecule has 110 valence electrons. The molecule has 1 fully saturated rings. The van der Waals surface area contributed by atoms with Gasteiger partial charge in [-0.05, 0) is 12.5 Å². The van der Waals surface area contributed by atoms with Gasteiger partial charge >= 0.3 is 0 Å². The highest BCUT2D eigenvalue weighted by Gasteiger charge is 2.26. The van der Waals surface area contributed by atoms with E-state index in [1.165, 1.54) is 11.3 Å². The van der Waals surface area contributed by atoms with Crippen LogP contribution in [0.3, 0.4) is 0 Å². The van der Waals surface area contributed by atoms with Crippen LogP contribution in [0, 0.1) is 0 Å². The highest BCUT2D eigenvalue weighted by Crippen LogP contribution is 2.34. The molecule has 1 aromatic heterocycles. The summed E-state index contributed by atoms with van der Waals surface area (Å²) in [6.07, 6.45) is 0.790. The number of nitrogen functional groups attached to an aromatic ring is 1.